The Bertz CT molecular complexity index is 572. The Kier molecular flexibility index (Phi) is 2.38. The molecule has 0 aliphatic carbocycles. The van der Waals surface area contributed by atoms with Crippen molar-refractivity contribution in [2.24, 2.45) is 0 Å². The number of rotatable bonds is 2. The number of aliphatic carboxylic acids is 1. The lowest BCUT2D eigenvalue weighted by atomic mass is 10.2. The predicted molar refractivity (Wildman–Crippen MR) is 58.5 cm³/mol. The second-order valence-corrected chi connectivity index (χ2v) is 3.88. The first kappa shape index (κ1) is 10.6. The van der Waals surface area contributed by atoms with Crippen molar-refractivity contribution in [2.45, 2.75) is 27.2 Å². The van der Waals surface area contributed by atoms with Crippen molar-refractivity contribution in [2.75, 3.05) is 0 Å². The fourth-order valence-electron chi connectivity index (χ4n) is 1.66. The summed E-state index contributed by atoms with van der Waals surface area (Å²) in [5.41, 5.74) is 3.61. The molecule has 2 aromatic heterocycles. The van der Waals surface area contributed by atoms with Crippen molar-refractivity contribution in [1.82, 2.24) is 14.4 Å². The summed E-state index contributed by atoms with van der Waals surface area (Å²) in [7, 11) is 0. The Hall–Kier alpha value is -1.91. The van der Waals surface area contributed by atoms with Gasteiger partial charge in [0.15, 0.2) is 0 Å². The van der Waals surface area contributed by atoms with Crippen LogP contribution in [0, 0.1) is 20.8 Å². The summed E-state index contributed by atoms with van der Waals surface area (Å²) in [6.45, 7) is 5.89. The summed E-state index contributed by atoms with van der Waals surface area (Å²) in [6, 6.07) is 0. The summed E-state index contributed by atoms with van der Waals surface area (Å²) in [5, 5.41) is 8.70. The number of hydrogen-bond acceptors (Lipinski definition) is 3. The van der Waals surface area contributed by atoms with Gasteiger partial charge in [-0.2, -0.15) is 0 Å². The van der Waals surface area contributed by atoms with E-state index in [0.29, 0.717) is 11.5 Å². The van der Waals surface area contributed by atoms with Gasteiger partial charge in [0.25, 0.3) is 0 Å². The van der Waals surface area contributed by atoms with Crippen molar-refractivity contribution in [1.29, 1.82) is 0 Å². The minimum Gasteiger partial charge on any atom is -0.481 e. The standard InChI is InChI=1S/C11H13N3O2/c1-6-7(2)12-11-13-9(4-10(15)16)5-14(11)8(6)3/h5H,4H2,1-3H3,(H,15,16). The van der Waals surface area contributed by atoms with Gasteiger partial charge >= 0.3 is 5.97 Å². The quantitative estimate of drug-likeness (QED) is 0.826. The van der Waals surface area contributed by atoms with Crippen LogP contribution in [-0.4, -0.2) is 25.4 Å². The maximum absolute atomic E-state index is 10.6. The largest absolute Gasteiger partial charge is 0.481 e. The number of fused-ring (bicyclic) bond motifs is 1. The van der Waals surface area contributed by atoms with Crippen molar-refractivity contribution in [3.63, 3.8) is 0 Å². The number of carboxylic acid groups (broad SMARTS) is 1. The van der Waals surface area contributed by atoms with Gasteiger partial charge in [0.2, 0.25) is 5.78 Å². The Morgan fingerprint density at radius 2 is 2.06 bits per heavy atom. The van der Waals surface area contributed by atoms with Gasteiger partial charge in [-0.1, -0.05) is 0 Å². The monoisotopic (exact) mass is 219 g/mol. The van der Waals surface area contributed by atoms with Gasteiger partial charge in [-0.05, 0) is 26.3 Å². The van der Waals surface area contributed by atoms with E-state index < -0.39 is 5.97 Å². The predicted octanol–water partition coefficient (Wildman–Crippen LogP) is 1.28. The Morgan fingerprint density at radius 1 is 1.38 bits per heavy atom. The summed E-state index contributed by atoms with van der Waals surface area (Å²) >= 11 is 0. The maximum Gasteiger partial charge on any atom is 0.309 e. The lowest BCUT2D eigenvalue weighted by molar-refractivity contribution is -0.136. The van der Waals surface area contributed by atoms with Gasteiger partial charge in [-0.3, -0.25) is 9.20 Å². The molecule has 0 bridgehead atoms. The van der Waals surface area contributed by atoms with Crippen LogP contribution in [-0.2, 0) is 11.2 Å². The highest BCUT2D eigenvalue weighted by Crippen LogP contribution is 2.14. The molecule has 2 aromatic rings. The molecule has 0 aliphatic heterocycles. The van der Waals surface area contributed by atoms with E-state index in [1.54, 1.807) is 6.20 Å². The fraction of sp³-hybridized carbons (Fsp3) is 0.364. The summed E-state index contributed by atoms with van der Waals surface area (Å²) in [6.07, 6.45) is 1.67. The van der Waals surface area contributed by atoms with Crippen molar-refractivity contribution in [3.8, 4) is 0 Å². The van der Waals surface area contributed by atoms with Crippen LogP contribution in [0.5, 0.6) is 0 Å². The zero-order chi connectivity index (χ0) is 11.9. The minimum absolute atomic E-state index is 0.0686. The molecule has 0 aliphatic rings. The van der Waals surface area contributed by atoms with E-state index in [4.69, 9.17) is 5.11 Å². The van der Waals surface area contributed by atoms with Crippen molar-refractivity contribution in [3.05, 3.63) is 28.8 Å². The van der Waals surface area contributed by atoms with Crippen molar-refractivity contribution < 1.29 is 9.90 Å². The second kappa shape index (κ2) is 3.59. The molecule has 0 aromatic carbocycles. The van der Waals surface area contributed by atoms with Crippen LogP contribution in [0.3, 0.4) is 0 Å². The van der Waals surface area contributed by atoms with Gasteiger partial charge in [-0.15, -0.1) is 0 Å². The molecule has 1 N–H and O–H groups in total. The lowest BCUT2D eigenvalue weighted by Crippen LogP contribution is -1.99. The molecule has 0 saturated heterocycles. The number of carboxylic acids is 1. The van der Waals surface area contributed by atoms with E-state index in [0.717, 1.165) is 17.0 Å². The van der Waals surface area contributed by atoms with Crippen LogP contribution in [0.1, 0.15) is 22.6 Å². The Morgan fingerprint density at radius 3 is 2.69 bits per heavy atom. The highest BCUT2D eigenvalue weighted by atomic mass is 16.4. The molecule has 0 saturated carbocycles. The van der Waals surface area contributed by atoms with Crippen LogP contribution in [0.15, 0.2) is 6.20 Å². The smallest absolute Gasteiger partial charge is 0.309 e. The zero-order valence-corrected chi connectivity index (χ0v) is 9.48. The van der Waals surface area contributed by atoms with E-state index in [9.17, 15) is 4.79 Å². The van der Waals surface area contributed by atoms with Crippen LogP contribution < -0.4 is 0 Å². The van der Waals surface area contributed by atoms with Gasteiger partial charge < -0.3 is 5.11 Å². The molecule has 16 heavy (non-hydrogen) atoms. The SMILES string of the molecule is Cc1nc2nc(CC(=O)O)cn2c(C)c1C. The number of hydrogen-bond donors (Lipinski definition) is 1. The first-order chi connectivity index (χ1) is 7.49. The number of imidazole rings is 1. The highest BCUT2D eigenvalue weighted by Gasteiger charge is 2.10. The van der Waals surface area contributed by atoms with Crippen LogP contribution >= 0.6 is 0 Å². The molecule has 0 atom stereocenters. The van der Waals surface area contributed by atoms with E-state index in [2.05, 4.69) is 9.97 Å². The average Bonchev–Trinajstić information content (AvgIpc) is 2.56. The molecule has 2 rings (SSSR count). The first-order valence-electron chi connectivity index (χ1n) is 5.02. The molecule has 0 spiro atoms. The number of nitrogens with zero attached hydrogens (tertiary/aromatic N) is 3. The highest BCUT2D eigenvalue weighted by molar-refractivity contribution is 5.69. The topological polar surface area (TPSA) is 67.5 Å². The molecule has 0 radical (unpaired) electrons. The normalized spacial score (nSPS) is 10.9. The first-order valence-corrected chi connectivity index (χ1v) is 5.02. The third kappa shape index (κ3) is 1.64. The van der Waals surface area contributed by atoms with E-state index in [1.807, 2.05) is 25.2 Å². The molecule has 5 heteroatoms. The Balaban J connectivity index is 2.62. The van der Waals surface area contributed by atoms with Crippen LogP contribution in [0.4, 0.5) is 0 Å². The number of carbonyl (C=O) groups is 1. The minimum atomic E-state index is -0.880. The van der Waals surface area contributed by atoms with E-state index >= 15 is 0 Å². The molecular weight excluding hydrogens is 206 g/mol. The molecule has 0 unspecified atom stereocenters. The molecule has 0 fully saturated rings. The van der Waals surface area contributed by atoms with Gasteiger partial charge in [0, 0.05) is 17.6 Å². The molecule has 2 heterocycles. The van der Waals surface area contributed by atoms with Gasteiger partial charge in [0.05, 0.1) is 12.1 Å². The fourth-order valence-corrected chi connectivity index (χ4v) is 1.66. The summed E-state index contributed by atoms with van der Waals surface area (Å²) < 4.78 is 1.83. The lowest BCUT2D eigenvalue weighted by Gasteiger charge is -2.05. The average molecular weight is 219 g/mol. The molecular formula is C11H13N3O2. The van der Waals surface area contributed by atoms with Crippen LogP contribution in [0.2, 0.25) is 0 Å². The van der Waals surface area contributed by atoms with E-state index in [-0.39, 0.29) is 6.42 Å². The number of aromatic nitrogens is 3. The van der Waals surface area contributed by atoms with Crippen LogP contribution in [0.25, 0.3) is 5.78 Å². The van der Waals surface area contributed by atoms with Gasteiger partial charge in [-0.25, -0.2) is 9.97 Å². The zero-order valence-electron chi connectivity index (χ0n) is 9.48. The summed E-state index contributed by atoms with van der Waals surface area (Å²) in [4.78, 5) is 19.1. The van der Waals surface area contributed by atoms with Gasteiger partial charge in [0.1, 0.15) is 0 Å². The maximum atomic E-state index is 10.6. The molecule has 5 nitrogen and oxygen atoms in total. The third-order valence-corrected chi connectivity index (χ3v) is 2.78. The molecule has 84 valence electrons. The summed E-state index contributed by atoms with van der Waals surface area (Å²) in [5.74, 6) is -0.314. The van der Waals surface area contributed by atoms with Crippen molar-refractivity contribution >= 4 is 11.7 Å². The second-order valence-electron chi connectivity index (χ2n) is 3.88. The molecule has 0 amide bonds. The third-order valence-electron chi connectivity index (χ3n) is 2.78. The number of aryl methyl sites for hydroxylation is 2. The Labute approximate surface area is 92.8 Å². The van der Waals surface area contributed by atoms with E-state index in [1.165, 1.54) is 0 Å².